The molecule has 3 atom stereocenters. The van der Waals surface area contributed by atoms with Crippen LogP contribution in [0, 0.1) is 5.92 Å². The molecule has 1 saturated heterocycles. The lowest BCUT2D eigenvalue weighted by atomic mass is 10.0. The van der Waals surface area contributed by atoms with Gasteiger partial charge in [0.25, 0.3) is 0 Å². The number of hydrogen-bond acceptors (Lipinski definition) is 2. The van der Waals surface area contributed by atoms with Gasteiger partial charge in [0.15, 0.2) is 0 Å². The van der Waals surface area contributed by atoms with E-state index in [0.29, 0.717) is 0 Å². The first-order valence-electron chi connectivity index (χ1n) is 8.28. The van der Waals surface area contributed by atoms with Crippen LogP contribution < -0.4 is 5.32 Å². The van der Waals surface area contributed by atoms with Crippen molar-refractivity contribution >= 4 is 0 Å². The van der Waals surface area contributed by atoms with E-state index < -0.39 is 0 Å². The molecule has 0 amide bonds. The van der Waals surface area contributed by atoms with Crippen molar-refractivity contribution in [2.45, 2.75) is 77.3 Å². The second-order valence-corrected chi connectivity index (χ2v) is 6.39. The molecule has 2 fully saturated rings. The van der Waals surface area contributed by atoms with Crippen LogP contribution in [0.1, 0.15) is 65.2 Å². The Kier molecular flexibility index (Phi) is 5.97. The van der Waals surface area contributed by atoms with E-state index >= 15 is 0 Å². The third kappa shape index (κ3) is 3.96. The second-order valence-electron chi connectivity index (χ2n) is 6.39. The van der Waals surface area contributed by atoms with Crippen molar-refractivity contribution in [1.29, 1.82) is 0 Å². The van der Waals surface area contributed by atoms with Gasteiger partial charge < -0.3 is 10.2 Å². The Morgan fingerprint density at radius 3 is 2.78 bits per heavy atom. The van der Waals surface area contributed by atoms with E-state index in [9.17, 15) is 0 Å². The van der Waals surface area contributed by atoms with E-state index in [1.54, 1.807) is 0 Å². The van der Waals surface area contributed by atoms with E-state index in [1.807, 2.05) is 0 Å². The molecule has 1 aliphatic heterocycles. The predicted molar refractivity (Wildman–Crippen MR) is 78.9 cm³/mol. The van der Waals surface area contributed by atoms with Crippen LogP contribution in [0.4, 0.5) is 0 Å². The largest absolute Gasteiger partial charge is 0.314 e. The standard InChI is InChI=1S/C16H32N2/c1-3-15-9-6-10-16(15)17-11-7-13-18-12-5-4-8-14(18)2/h14-17H,3-13H2,1-2H3. The Labute approximate surface area is 114 Å². The summed E-state index contributed by atoms with van der Waals surface area (Å²) in [5, 5.41) is 3.81. The van der Waals surface area contributed by atoms with Crippen molar-refractivity contribution in [3.05, 3.63) is 0 Å². The van der Waals surface area contributed by atoms with Gasteiger partial charge >= 0.3 is 0 Å². The Morgan fingerprint density at radius 1 is 1.11 bits per heavy atom. The SMILES string of the molecule is CCC1CCCC1NCCCN1CCCCC1C. The van der Waals surface area contributed by atoms with Crippen LogP contribution in [-0.4, -0.2) is 36.6 Å². The van der Waals surface area contributed by atoms with Gasteiger partial charge in [-0.3, -0.25) is 0 Å². The molecular formula is C16H32N2. The Balaban J connectivity index is 1.58. The number of likely N-dealkylation sites (tertiary alicyclic amines) is 1. The molecule has 106 valence electrons. The summed E-state index contributed by atoms with van der Waals surface area (Å²) in [5.74, 6) is 0.957. The lowest BCUT2D eigenvalue weighted by Crippen LogP contribution is -2.40. The Morgan fingerprint density at radius 2 is 2.00 bits per heavy atom. The summed E-state index contributed by atoms with van der Waals surface area (Å²) < 4.78 is 0. The van der Waals surface area contributed by atoms with Gasteiger partial charge in [-0.2, -0.15) is 0 Å². The molecule has 2 aliphatic rings. The molecule has 1 aliphatic carbocycles. The quantitative estimate of drug-likeness (QED) is 0.729. The molecule has 1 heterocycles. The first kappa shape index (κ1) is 14.3. The van der Waals surface area contributed by atoms with Crippen LogP contribution in [-0.2, 0) is 0 Å². The fourth-order valence-corrected chi connectivity index (χ4v) is 3.85. The summed E-state index contributed by atoms with van der Waals surface area (Å²) in [6.07, 6.45) is 11.3. The van der Waals surface area contributed by atoms with Gasteiger partial charge in [-0.15, -0.1) is 0 Å². The molecule has 3 unspecified atom stereocenters. The van der Waals surface area contributed by atoms with Crippen molar-refractivity contribution < 1.29 is 0 Å². The summed E-state index contributed by atoms with van der Waals surface area (Å²) in [6, 6.07) is 1.66. The molecule has 2 heteroatoms. The minimum atomic E-state index is 0.827. The highest BCUT2D eigenvalue weighted by molar-refractivity contribution is 4.82. The lowest BCUT2D eigenvalue weighted by molar-refractivity contribution is 0.158. The molecule has 0 aromatic heterocycles. The third-order valence-electron chi connectivity index (χ3n) is 5.15. The maximum absolute atomic E-state index is 3.81. The average molecular weight is 252 g/mol. The summed E-state index contributed by atoms with van der Waals surface area (Å²) in [4.78, 5) is 2.69. The van der Waals surface area contributed by atoms with Gasteiger partial charge in [-0.25, -0.2) is 0 Å². The van der Waals surface area contributed by atoms with Gasteiger partial charge in [-0.1, -0.05) is 26.2 Å². The van der Waals surface area contributed by atoms with Gasteiger partial charge in [0.1, 0.15) is 0 Å². The first-order valence-corrected chi connectivity index (χ1v) is 8.28. The monoisotopic (exact) mass is 252 g/mol. The summed E-state index contributed by atoms with van der Waals surface area (Å²) in [6.45, 7) is 8.61. The van der Waals surface area contributed by atoms with Crippen LogP contribution in [0.5, 0.6) is 0 Å². The zero-order valence-electron chi connectivity index (χ0n) is 12.5. The fourth-order valence-electron chi connectivity index (χ4n) is 3.85. The highest BCUT2D eigenvalue weighted by Gasteiger charge is 2.25. The van der Waals surface area contributed by atoms with Crippen molar-refractivity contribution in [3.63, 3.8) is 0 Å². The molecule has 1 N–H and O–H groups in total. The highest BCUT2D eigenvalue weighted by Crippen LogP contribution is 2.27. The van der Waals surface area contributed by atoms with Gasteiger partial charge in [0.2, 0.25) is 0 Å². The molecule has 18 heavy (non-hydrogen) atoms. The zero-order chi connectivity index (χ0) is 12.8. The maximum Gasteiger partial charge on any atom is 0.00952 e. The van der Waals surface area contributed by atoms with Crippen LogP contribution >= 0.6 is 0 Å². The molecule has 0 aromatic carbocycles. The van der Waals surface area contributed by atoms with Crippen LogP contribution in [0.15, 0.2) is 0 Å². The molecule has 2 nitrogen and oxygen atoms in total. The van der Waals surface area contributed by atoms with Crippen LogP contribution in [0.25, 0.3) is 0 Å². The van der Waals surface area contributed by atoms with E-state index in [-0.39, 0.29) is 0 Å². The smallest absolute Gasteiger partial charge is 0.00952 e. The predicted octanol–water partition coefficient (Wildman–Crippen LogP) is 3.42. The summed E-state index contributed by atoms with van der Waals surface area (Å²) in [5.41, 5.74) is 0. The summed E-state index contributed by atoms with van der Waals surface area (Å²) >= 11 is 0. The number of hydrogen-bond donors (Lipinski definition) is 1. The molecule has 0 radical (unpaired) electrons. The lowest BCUT2D eigenvalue weighted by Gasteiger charge is -2.33. The van der Waals surface area contributed by atoms with Crippen molar-refractivity contribution in [2.24, 2.45) is 5.92 Å². The molecule has 1 saturated carbocycles. The van der Waals surface area contributed by atoms with Crippen LogP contribution in [0.3, 0.4) is 0 Å². The van der Waals surface area contributed by atoms with Crippen LogP contribution in [0.2, 0.25) is 0 Å². The minimum absolute atomic E-state index is 0.827. The van der Waals surface area contributed by atoms with Gasteiger partial charge in [0.05, 0.1) is 0 Å². The number of nitrogens with zero attached hydrogens (tertiary/aromatic N) is 1. The summed E-state index contributed by atoms with van der Waals surface area (Å²) in [7, 11) is 0. The Bertz CT molecular complexity index is 225. The van der Waals surface area contributed by atoms with Crippen molar-refractivity contribution in [2.75, 3.05) is 19.6 Å². The zero-order valence-corrected chi connectivity index (χ0v) is 12.5. The third-order valence-corrected chi connectivity index (χ3v) is 5.15. The molecule has 0 aromatic rings. The van der Waals surface area contributed by atoms with Gasteiger partial charge in [0, 0.05) is 12.1 Å². The first-order chi connectivity index (χ1) is 8.81. The maximum atomic E-state index is 3.81. The number of nitrogens with one attached hydrogen (secondary N) is 1. The van der Waals surface area contributed by atoms with E-state index in [0.717, 1.165) is 18.0 Å². The molecule has 2 rings (SSSR count). The number of piperidine rings is 1. The Hall–Kier alpha value is -0.0800. The average Bonchev–Trinajstić information content (AvgIpc) is 2.84. The minimum Gasteiger partial charge on any atom is -0.314 e. The van der Waals surface area contributed by atoms with E-state index in [1.165, 1.54) is 71.0 Å². The molecule has 0 spiro atoms. The molecular weight excluding hydrogens is 220 g/mol. The highest BCUT2D eigenvalue weighted by atomic mass is 15.2. The second kappa shape index (κ2) is 7.49. The number of rotatable bonds is 6. The van der Waals surface area contributed by atoms with Crippen molar-refractivity contribution in [1.82, 2.24) is 10.2 Å². The normalized spacial score (nSPS) is 34.0. The van der Waals surface area contributed by atoms with E-state index in [4.69, 9.17) is 0 Å². The topological polar surface area (TPSA) is 15.3 Å². The van der Waals surface area contributed by atoms with Gasteiger partial charge in [-0.05, 0) is 64.6 Å². The van der Waals surface area contributed by atoms with Crippen molar-refractivity contribution in [3.8, 4) is 0 Å². The fraction of sp³-hybridized carbons (Fsp3) is 1.00. The van der Waals surface area contributed by atoms with E-state index in [2.05, 4.69) is 24.1 Å². The molecule has 0 bridgehead atoms.